The summed E-state index contributed by atoms with van der Waals surface area (Å²) < 4.78 is 0. The fraction of sp³-hybridized carbons (Fsp3) is 0.350. The first-order valence-corrected chi connectivity index (χ1v) is 8.62. The molecule has 1 fully saturated rings. The molecule has 2 N–H and O–H groups in total. The lowest BCUT2D eigenvalue weighted by atomic mass is 10.1. The Bertz CT molecular complexity index is 676. The monoisotopic (exact) mass is 323 g/mol. The number of nitrogens with one attached hydrogen (secondary N) is 2. The lowest BCUT2D eigenvalue weighted by Crippen LogP contribution is -2.28. The summed E-state index contributed by atoms with van der Waals surface area (Å²) in [5.74, 6) is -0.0162. The third-order valence-corrected chi connectivity index (χ3v) is 4.48. The Morgan fingerprint density at radius 1 is 1.04 bits per heavy atom. The van der Waals surface area contributed by atoms with Gasteiger partial charge in [-0.2, -0.15) is 0 Å². The zero-order valence-corrected chi connectivity index (χ0v) is 14.2. The fourth-order valence-electron chi connectivity index (χ4n) is 3.06. The summed E-state index contributed by atoms with van der Waals surface area (Å²) in [6.45, 7) is 5.36. The van der Waals surface area contributed by atoms with Crippen molar-refractivity contribution in [3.8, 4) is 0 Å². The van der Waals surface area contributed by atoms with Crippen molar-refractivity contribution in [2.45, 2.75) is 26.3 Å². The average molecular weight is 323 g/mol. The number of carbonyl (C=O) groups is 1. The lowest BCUT2D eigenvalue weighted by molar-refractivity contribution is -0.115. The molecule has 1 amide bonds. The SMILES string of the molecule is Cc1ccccc1CNCC(=O)Nc1ccc(N2CCCC2)cc1. The Morgan fingerprint density at radius 3 is 2.46 bits per heavy atom. The number of rotatable bonds is 6. The van der Waals surface area contributed by atoms with Crippen molar-refractivity contribution in [2.75, 3.05) is 29.9 Å². The first-order chi connectivity index (χ1) is 11.7. The molecule has 0 unspecified atom stereocenters. The van der Waals surface area contributed by atoms with Crippen molar-refractivity contribution in [3.63, 3.8) is 0 Å². The van der Waals surface area contributed by atoms with Gasteiger partial charge in [0.1, 0.15) is 0 Å². The van der Waals surface area contributed by atoms with Crippen LogP contribution in [-0.2, 0) is 11.3 Å². The topological polar surface area (TPSA) is 44.4 Å². The summed E-state index contributed by atoms with van der Waals surface area (Å²) >= 11 is 0. The lowest BCUT2D eigenvalue weighted by Gasteiger charge is -2.17. The third-order valence-electron chi connectivity index (χ3n) is 4.48. The first-order valence-electron chi connectivity index (χ1n) is 8.62. The van der Waals surface area contributed by atoms with E-state index in [4.69, 9.17) is 0 Å². The standard InChI is InChI=1S/C20H25N3O/c1-16-6-2-3-7-17(16)14-21-15-20(24)22-18-8-10-19(11-9-18)23-12-4-5-13-23/h2-3,6-11,21H,4-5,12-15H2,1H3,(H,22,24). The van der Waals surface area contributed by atoms with Gasteiger partial charge in [-0.1, -0.05) is 24.3 Å². The maximum atomic E-state index is 12.0. The second-order valence-electron chi connectivity index (χ2n) is 6.32. The molecule has 126 valence electrons. The smallest absolute Gasteiger partial charge is 0.238 e. The van der Waals surface area contributed by atoms with E-state index in [1.807, 2.05) is 24.3 Å². The van der Waals surface area contributed by atoms with E-state index < -0.39 is 0 Å². The number of benzene rings is 2. The zero-order valence-electron chi connectivity index (χ0n) is 14.2. The number of hydrogen-bond donors (Lipinski definition) is 2. The minimum Gasteiger partial charge on any atom is -0.372 e. The van der Waals surface area contributed by atoms with Gasteiger partial charge in [0.15, 0.2) is 0 Å². The number of aryl methyl sites for hydroxylation is 1. The van der Waals surface area contributed by atoms with Crippen molar-refractivity contribution < 1.29 is 4.79 Å². The van der Waals surface area contributed by atoms with Crippen LogP contribution in [-0.4, -0.2) is 25.5 Å². The summed E-state index contributed by atoms with van der Waals surface area (Å²) in [7, 11) is 0. The van der Waals surface area contributed by atoms with E-state index in [1.165, 1.54) is 29.7 Å². The Labute approximate surface area is 143 Å². The molecule has 0 atom stereocenters. The van der Waals surface area contributed by atoms with Gasteiger partial charge in [0.2, 0.25) is 5.91 Å². The van der Waals surface area contributed by atoms with Gasteiger partial charge in [0.05, 0.1) is 6.54 Å². The number of anilines is 2. The van der Waals surface area contributed by atoms with Crippen LogP contribution in [0.4, 0.5) is 11.4 Å². The Balaban J connectivity index is 1.45. The van der Waals surface area contributed by atoms with E-state index in [2.05, 4.69) is 46.7 Å². The second-order valence-corrected chi connectivity index (χ2v) is 6.32. The van der Waals surface area contributed by atoms with E-state index >= 15 is 0 Å². The first kappa shape index (κ1) is 16.5. The van der Waals surface area contributed by atoms with E-state index in [0.29, 0.717) is 13.1 Å². The molecule has 0 bridgehead atoms. The van der Waals surface area contributed by atoms with Gasteiger partial charge >= 0.3 is 0 Å². The van der Waals surface area contributed by atoms with Crippen LogP contribution in [0.1, 0.15) is 24.0 Å². The van der Waals surface area contributed by atoms with Crippen LogP contribution in [0.25, 0.3) is 0 Å². The highest BCUT2D eigenvalue weighted by Crippen LogP contribution is 2.21. The second kappa shape index (κ2) is 7.97. The van der Waals surface area contributed by atoms with E-state index in [-0.39, 0.29) is 5.91 Å². The molecule has 24 heavy (non-hydrogen) atoms. The van der Waals surface area contributed by atoms with Gasteiger partial charge < -0.3 is 15.5 Å². The highest BCUT2D eigenvalue weighted by molar-refractivity contribution is 5.92. The number of carbonyl (C=O) groups excluding carboxylic acids is 1. The van der Waals surface area contributed by atoms with Crippen LogP contribution in [0, 0.1) is 6.92 Å². The van der Waals surface area contributed by atoms with Crippen molar-refractivity contribution in [3.05, 3.63) is 59.7 Å². The molecular weight excluding hydrogens is 298 g/mol. The molecule has 4 heteroatoms. The van der Waals surface area contributed by atoms with Crippen molar-refractivity contribution in [1.29, 1.82) is 0 Å². The summed E-state index contributed by atoms with van der Waals surface area (Å²) in [5, 5.41) is 6.14. The molecule has 2 aromatic carbocycles. The summed E-state index contributed by atoms with van der Waals surface area (Å²) in [6.07, 6.45) is 2.54. The molecule has 1 aliphatic heterocycles. The third kappa shape index (κ3) is 4.36. The quantitative estimate of drug-likeness (QED) is 0.857. The average Bonchev–Trinajstić information content (AvgIpc) is 3.12. The predicted molar refractivity (Wildman–Crippen MR) is 99.4 cm³/mol. The summed E-state index contributed by atoms with van der Waals surface area (Å²) in [4.78, 5) is 14.4. The molecule has 3 rings (SSSR count). The molecule has 0 saturated carbocycles. The summed E-state index contributed by atoms with van der Waals surface area (Å²) in [5.41, 5.74) is 4.55. The van der Waals surface area contributed by atoms with Crippen LogP contribution >= 0.6 is 0 Å². The predicted octanol–water partition coefficient (Wildman–Crippen LogP) is 3.32. The minimum atomic E-state index is -0.0162. The van der Waals surface area contributed by atoms with Crippen molar-refractivity contribution >= 4 is 17.3 Å². The number of amides is 1. The maximum Gasteiger partial charge on any atom is 0.238 e. The van der Waals surface area contributed by atoms with Crippen molar-refractivity contribution in [1.82, 2.24) is 5.32 Å². The summed E-state index contributed by atoms with van der Waals surface area (Å²) in [6, 6.07) is 16.3. The van der Waals surface area contributed by atoms with Gasteiger partial charge in [0, 0.05) is 31.0 Å². The van der Waals surface area contributed by atoms with Crippen LogP contribution in [0.15, 0.2) is 48.5 Å². The van der Waals surface area contributed by atoms with E-state index in [1.54, 1.807) is 0 Å². The van der Waals surface area contributed by atoms with Crippen LogP contribution in [0.2, 0.25) is 0 Å². The van der Waals surface area contributed by atoms with Crippen molar-refractivity contribution in [2.24, 2.45) is 0 Å². The van der Waals surface area contributed by atoms with Crippen LogP contribution in [0.5, 0.6) is 0 Å². The molecule has 4 nitrogen and oxygen atoms in total. The highest BCUT2D eigenvalue weighted by Gasteiger charge is 2.12. The van der Waals surface area contributed by atoms with Gasteiger partial charge in [0.25, 0.3) is 0 Å². The highest BCUT2D eigenvalue weighted by atomic mass is 16.1. The molecule has 0 aliphatic carbocycles. The number of nitrogens with zero attached hydrogens (tertiary/aromatic N) is 1. The Morgan fingerprint density at radius 2 is 1.75 bits per heavy atom. The molecular formula is C20H25N3O. The molecule has 2 aromatic rings. The molecule has 1 saturated heterocycles. The normalized spacial score (nSPS) is 14.0. The largest absolute Gasteiger partial charge is 0.372 e. The van der Waals surface area contributed by atoms with Gasteiger partial charge in [-0.15, -0.1) is 0 Å². The fourth-order valence-corrected chi connectivity index (χ4v) is 3.06. The zero-order chi connectivity index (χ0) is 16.8. The van der Waals surface area contributed by atoms with Crippen LogP contribution < -0.4 is 15.5 Å². The number of hydrogen-bond acceptors (Lipinski definition) is 3. The molecule has 0 aromatic heterocycles. The van der Waals surface area contributed by atoms with Crippen LogP contribution in [0.3, 0.4) is 0 Å². The molecule has 0 spiro atoms. The van der Waals surface area contributed by atoms with Gasteiger partial charge in [-0.05, 0) is 55.2 Å². The van der Waals surface area contributed by atoms with Gasteiger partial charge in [-0.3, -0.25) is 4.79 Å². The van der Waals surface area contributed by atoms with E-state index in [9.17, 15) is 4.79 Å². The Hall–Kier alpha value is -2.33. The van der Waals surface area contributed by atoms with Gasteiger partial charge in [-0.25, -0.2) is 0 Å². The molecule has 0 radical (unpaired) electrons. The molecule has 1 heterocycles. The van der Waals surface area contributed by atoms with E-state index in [0.717, 1.165) is 18.8 Å². The molecule has 1 aliphatic rings. The Kier molecular flexibility index (Phi) is 5.49. The minimum absolute atomic E-state index is 0.0162. The maximum absolute atomic E-state index is 12.0.